The van der Waals surface area contributed by atoms with Gasteiger partial charge in [-0.1, -0.05) is 30.3 Å². The van der Waals surface area contributed by atoms with Gasteiger partial charge in [0.2, 0.25) is 0 Å². The molecule has 0 N–H and O–H groups in total. The Hall–Kier alpha value is -2.07. The molecule has 0 spiro atoms. The van der Waals surface area contributed by atoms with Gasteiger partial charge in [-0.05, 0) is 50.5 Å². The van der Waals surface area contributed by atoms with Crippen LogP contribution in [0.15, 0.2) is 60.8 Å². The van der Waals surface area contributed by atoms with Crippen molar-refractivity contribution in [3.8, 4) is 22.7 Å². The standard InChI is InChI=1S/C22H25N2O.BrH/c1-2-25-20-14-12-19(13-15-20)24-21(18-9-5-3-6-10-18)17-23-16-8-4-7-11-22(23)24;/h3,5-6,9-10,12-15,17H,2,4,7-8,11,16H2,1H3;1H/q+1;/p-1. The molecule has 0 radical (unpaired) electrons. The van der Waals surface area contributed by atoms with Gasteiger partial charge >= 0.3 is 0 Å². The Bertz CT molecular complexity index is 841. The van der Waals surface area contributed by atoms with E-state index in [1.807, 2.05) is 6.92 Å². The molecule has 4 rings (SSSR count). The van der Waals surface area contributed by atoms with E-state index in [1.165, 1.54) is 42.0 Å². The molecular weight excluding hydrogens is 388 g/mol. The molecule has 0 amide bonds. The van der Waals surface area contributed by atoms with Gasteiger partial charge < -0.3 is 21.7 Å². The third kappa shape index (κ3) is 3.70. The van der Waals surface area contributed by atoms with Crippen molar-refractivity contribution in [3.63, 3.8) is 0 Å². The molecule has 1 aromatic heterocycles. The van der Waals surface area contributed by atoms with Gasteiger partial charge in [-0.3, -0.25) is 0 Å². The summed E-state index contributed by atoms with van der Waals surface area (Å²) in [6.45, 7) is 3.83. The molecule has 26 heavy (non-hydrogen) atoms. The fraction of sp³-hybridized carbons (Fsp3) is 0.318. The van der Waals surface area contributed by atoms with Crippen LogP contribution in [0.5, 0.6) is 5.75 Å². The maximum absolute atomic E-state index is 5.61. The van der Waals surface area contributed by atoms with E-state index < -0.39 is 0 Å². The fourth-order valence-electron chi connectivity index (χ4n) is 3.70. The Morgan fingerprint density at radius 2 is 1.73 bits per heavy atom. The Balaban J connectivity index is 0.00000196. The van der Waals surface area contributed by atoms with Crippen LogP contribution in [0.25, 0.3) is 16.9 Å². The molecule has 1 aliphatic heterocycles. The van der Waals surface area contributed by atoms with Crippen molar-refractivity contribution in [3.05, 3.63) is 66.6 Å². The molecule has 3 aromatic rings. The van der Waals surface area contributed by atoms with Crippen molar-refractivity contribution in [1.82, 2.24) is 4.57 Å². The summed E-state index contributed by atoms with van der Waals surface area (Å²) in [6, 6.07) is 19.2. The second-order valence-electron chi connectivity index (χ2n) is 6.56. The van der Waals surface area contributed by atoms with Crippen LogP contribution in [0, 0.1) is 0 Å². The number of halogens is 1. The highest BCUT2D eigenvalue weighted by Gasteiger charge is 2.26. The van der Waals surface area contributed by atoms with Crippen molar-refractivity contribution in [2.75, 3.05) is 6.61 Å². The average Bonchev–Trinajstić information content (AvgIpc) is 2.86. The predicted octanol–water partition coefficient (Wildman–Crippen LogP) is 1.56. The predicted molar refractivity (Wildman–Crippen MR) is 100 cm³/mol. The molecule has 0 saturated heterocycles. The van der Waals surface area contributed by atoms with E-state index in [2.05, 4.69) is 69.9 Å². The van der Waals surface area contributed by atoms with Crippen LogP contribution in [0.4, 0.5) is 0 Å². The van der Waals surface area contributed by atoms with E-state index >= 15 is 0 Å². The van der Waals surface area contributed by atoms with Crippen LogP contribution >= 0.6 is 0 Å². The van der Waals surface area contributed by atoms with Crippen molar-refractivity contribution in [2.24, 2.45) is 0 Å². The first-order chi connectivity index (χ1) is 12.4. The van der Waals surface area contributed by atoms with Gasteiger partial charge in [0.15, 0.2) is 5.69 Å². The van der Waals surface area contributed by atoms with Gasteiger partial charge in [-0.15, -0.1) is 0 Å². The van der Waals surface area contributed by atoms with Gasteiger partial charge in [0.05, 0.1) is 13.2 Å². The molecule has 0 fully saturated rings. The van der Waals surface area contributed by atoms with Crippen molar-refractivity contribution in [1.29, 1.82) is 0 Å². The summed E-state index contributed by atoms with van der Waals surface area (Å²) in [4.78, 5) is 0. The Kier molecular flexibility index (Phi) is 6.15. The minimum atomic E-state index is 0. The maximum Gasteiger partial charge on any atom is 0.262 e. The number of benzene rings is 2. The lowest BCUT2D eigenvalue weighted by Gasteiger charge is -2.07. The van der Waals surface area contributed by atoms with Gasteiger partial charge in [0.25, 0.3) is 5.82 Å². The molecule has 1 aliphatic rings. The molecule has 0 saturated carbocycles. The largest absolute Gasteiger partial charge is 1.00 e. The van der Waals surface area contributed by atoms with Crippen LogP contribution in [0.1, 0.15) is 32.0 Å². The fourth-order valence-corrected chi connectivity index (χ4v) is 3.70. The Labute approximate surface area is 166 Å². The molecule has 4 heteroatoms. The maximum atomic E-state index is 5.61. The van der Waals surface area contributed by atoms with Crippen LogP contribution in [0.2, 0.25) is 0 Å². The van der Waals surface area contributed by atoms with E-state index in [0.717, 1.165) is 18.7 Å². The molecular formula is C22H25BrN2O. The number of aromatic nitrogens is 2. The van der Waals surface area contributed by atoms with Crippen LogP contribution in [-0.2, 0) is 13.0 Å². The quantitative estimate of drug-likeness (QED) is 0.594. The number of ether oxygens (including phenoxy) is 1. The zero-order chi connectivity index (χ0) is 17.1. The van der Waals surface area contributed by atoms with Crippen molar-refractivity contribution < 1.29 is 26.3 Å². The lowest BCUT2D eigenvalue weighted by atomic mass is 10.1. The highest BCUT2D eigenvalue weighted by atomic mass is 79.9. The molecule has 3 nitrogen and oxygen atoms in total. The molecule has 0 unspecified atom stereocenters. The van der Waals surface area contributed by atoms with Crippen molar-refractivity contribution >= 4 is 0 Å². The van der Waals surface area contributed by atoms with E-state index in [9.17, 15) is 0 Å². The highest BCUT2D eigenvalue weighted by Crippen LogP contribution is 2.27. The lowest BCUT2D eigenvalue weighted by molar-refractivity contribution is -0.702. The van der Waals surface area contributed by atoms with E-state index in [1.54, 1.807) is 0 Å². The second-order valence-corrected chi connectivity index (χ2v) is 6.56. The van der Waals surface area contributed by atoms with Gasteiger partial charge in [0.1, 0.15) is 17.6 Å². The smallest absolute Gasteiger partial charge is 0.262 e. The van der Waals surface area contributed by atoms with E-state index in [4.69, 9.17) is 4.74 Å². The summed E-state index contributed by atoms with van der Waals surface area (Å²) in [7, 11) is 0. The number of fused-ring (bicyclic) bond motifs is 1. The number of aryl methyl sites for hydroxylation is 1. The molecule has 136 valence electrons. The summed E-state index contributed by atoms with van der Waals surface area (Å²) in [5.74, 6) is 2.33. The second kappa shape index (κ2) is 8.54. The van der Waals surface area contributed by atoms with Crippen LogP contribution < -0.4 is 26.3 Å². The topological polar surface area (TPSA) is 18.0 Å². The third-order valence-corrected chi connectivity index (χ3v) is 4.88. The molecule has 0 bridgehead atoms. The van der Waals surface area contributed by atoms with Crippen LogP contribution in [-0.4, -0.2) is 11.2 Å². The first-order valence-corrected chi connectivity index (χ1v) is 9.29. The number of imidazole rings is 1. The zero-order valence-corrected chi connectivity index (χ0v) is 16.8. The molecule has 2 heterocycles. The van der Waals surface area contributed by atoms with Gasteiger partial charge in [-0.2, -0.15) is 4.57 Å². The minimum absolute atomic E-state index is 0. The lowest BCUT2D eigenvalue weighted by Crippen LogP contribution is -3.00. The third-order valence-electron chi connectivity index (χ3n) is 4.88. The number of hydrogen-bond donors (Lipinski definition) is 0. The van der Waals surface area contributed by atoms with Gasteiger partial charge in [-0.25, -0.2) is 4.57 Å². The number of rotatable bonds is 4. The summed E-state index contributed by atoms with van der Waals surface area (Å²) >= 11 is 0. The van der Waals surface area contributed by atoms with Gasteiger partial charge in [0, 0.05) is 12.0 Å². The molecule has 0 aliphatic carbocycles. The Morgan fingerprint density at radius 3 is 2.46 bits per heavy atom. The van der Waals surface area contributed by atoms with E-state index in [0.29, 0.717) is 6.61 Å². The SMILES string of the molecule is CCOc1ccc(-n2c(-c3ccccc3)c[n+]3c2CCCCC3)cc1.[Br-]. The zero-order valence-electron chi connectivity index (χ0n) is 15.2. The summed E-state index contributed by atoms with van der Waals surface area (Å²) in [5.41, 5.74) is 3.73. The first kappa shape index (κ1) is 18.7. The summed E-state index contributed by atoms with van der Waals surface area (Å²) in [6.07, 6.45) is 7.28. The number of hydrogen-bond acceptors (Lipinski definition) is 1. The average molecular weight is 413 g/mol. The van der Waals surface area contributed by atoms with Crippen molar-refractivity contribution in [2.45, 2.75) is 39.2 Å². The normalized spacial score (nSPS) is 13.4. The highest BCUT2D eigenvalue weighted by molar-refractivity contribution is 5.61. The van der Waals surface area contributed by atoms with Crippen LogP contribution in [0.3, 0.4) is 0 Å². The monoisotopic (exact) mass is 412 g/mol. The minimum Gasteiger partial charge on any atom is -1.00 e. The molecule has 2 aromatic carbocycles. The summed E-state index contributed by atoms with van der Waals surface area (Å²) < 4.78 is 10.5. The molecule has 0 atom stereocenters. The summed E-state index contributed by atoms with van der Waals surface area (Å²) in [5, 5.41) is 0. The Morgan fingerprint density at radius 1 is 0.962 bits per heavy atom. The number of nitrogens with zero attached hydrogens (tertiary/aromatic N) is 2. The first-order valence-electron chi connectivity index (χ1n) is 9.29. The van der Waals surface area contributed by atoms with E-state index in [-0.39, 0.29) is 17.0 Å².